The van der Waals surface area contributed by atoms with Gasteiger partial charge in [0.1, 0.15) is 12.4 Å². The third-order valence-electron chi connectivity index (χ3n) is 3.45. The van der Waals surface area contributed by atoms with Crippen molar-refractivity contribution in [3.63, 3.8) is 0 Å². The van der Waals surface area contributed by atoms with Gasteiger partial charge in [-0.2, -0.15) is 0 Å². The van der Waals surface area contributed by atoms with E-state index in [0.29, 0.717) is 13.2 Å². The van der Waals surface area contributed by atoms with Crippen LogP contribution in [-0.2, 0) is 13.2 Å². The predicted molar refractivity (Wildman–Crippen MR) is 78.5 cm³/mol. The van der Waals surface area contributed by atoms with Crippen LogP contribution in [0.1, 0.15) is 22.5 Å². The topological polar surface area (TPSA) is 66.6 Å². The number of aryl methyl sites for hydroxylation is 2. The van der Waals surface area contributed by atoms with Crippen molar-refractivity contribution in [2.45, 2.75) is 27.0 Å². The molecule has 1 aromatic heterocycles. The summed E-state index contributed by atoms with van der Waals surface area (Å²) in [5.74, 6) is 2.33. The molecule has 0 atom stereocenters. The number of ether oxygens (including phenoxy) is 3. The molecule has 0 unspecified atom stereocenters. The van der Waals surface area contributed by atoms with E-state index in [1.165, 1.54) is 0 Å². The number of hydrogen-bond donors (Lipinski definition) is 1. The SMILES string of the molecule is Cc1cc(OCc2ccc3c(c2)OCO3)c(CN)c(C)n1. The molecule has 0 bridgehead atoms. The van der Waals surface area contributed by atoms with Gasteiger partial charge in [-0.1, -0.05) is 6.07 Å². The first-order chi connectivity index (χ1) is 10.2. The maximum atomic E-state index is 5.92. The molecule has 21 heavy (non-hydrogen) atoms. The summed E-state index contributed by atoms with van der Waals surface area (Å²) in [6, 6.07) is 7.72. The largest absolute Gasteiger partial charge is 0.488 e. The Morgan fingerprint density at radius 1 is 1.19 bits per heavy atom. The Balaban J connectivity index is 1.79. The number of pyridine rings is 1. The summed E-state index contributed by atoms with van der Waals surface area (Å²) >= 11 is 0. The standard InChI is InChI=1S/C16H18N2O3/c1-10-5-15(13(7-17)11(2)18-10)19-8-12-3-4-14-16(6-12)21-9-20-14/h3-6H,7-9,17H2,1-2H3. The van der Waals surface area contributed by atoms with Crippen molar-refractivity contribution in [2.75, 3.05) is 6.79 Å². The molecule has 0 saturated heterocycles. The zero-order valence-electron chi connectivity index (χ0n) is 12.2. The van der Waals surface area contributed by atoms with E-state index in [1.807, 2.05) is 38.1 Å². The quantitative estimate of drug-likeness (QED) is 0.935. The first-order valence-corrected chi connectivity index (χ1v) is 6.86. The summed E-state index contributed by atoms with van der Waals surface area (Å²) in [6.45, 7) is 5.03. The Kier molecular flexibility index (Phi) is 3.66. The first kappa shape index (κ1) is 13.7. The van der Waals surface area contributed by atoms with Crippen LogP contribution in [0, 0.1) is 13.8 Å². The molecule has 2 aromatic rings. The molecule has 0 radical (unpaired) electrons. The van der Waals surface area contributed by atoms with Crippen molar-refractivity contribution >= 4 is 0 Å². The number of nitrogens with zero attached hydrogens (tertiary/aromatic N) is 1. The minimum absolute atomic E-state index is 0.277. The summed E-state index contributed by atoms with van der Waals surface area (Å²) in [5, 5.41) is 0. The average molecular weight is 286 g/mol. The van der Waals surface area contributed by atoms with Crippen LogP contribution >= 0.6 is 0 Å². The highest BCUT2D eigenvalue weighted by Gasteiger charge is 2.14. The fourth-order valence-electron chi connectivity index (χ4n) is 2.39. The van der Waals surface area contributed by atoms with Crippen molar-refractivity contribution in [1.82, 2.24) is 4.98 Å². The van der Waals surface area contributed by atoms with E-state index in [4.69, 9.17) is 19.9 Å². The molecule has 110 valence electrons. The molecule has 1 aliphatic rings. The Labute approximate surface area is 123 Å². The van der Waals surface area contributed by atoms with E-state index in [9.17, 15) is 0 Å². The van der Waals surface area contributed by atoms with Gasteiger partial charge in [0.25, 0.3) is 0 Å². The second-order valence-electron chi connectivity index (χ2n) is 5.01. The Morgan fingerprint density at radius 3 is 2.81 bits per heavy atom. The van der Waals surface area contributed by atoms with Crippen molar-refractivity contribution in [3.8, 4) is 17.2 Å². The second-order valence-corrected chi connectivity index (χ2v) is 5.01. The first-order valence-electron chi connectivity index (χ1n) is 6.86. The zero-order chi connectivity index (χ0) is 14.8. The lowest BCUT2D eigenvalue weighted by atomic mass is 10.1. The van der Waals surface area contributed by atoms with Crippen LogP contribution < -0.4 is 19.9 Å². The van der Waals surface area contributed by atoms with E-state index in [2.05, 4.69) is 4.98 Å². The van der Waals surface area contributed by atoms with Gasteiger partial charge in [0.2, 0.25) is 6.79 Å². The van der Waals surface area contributed by atoms with Gasteiger partial charge in [-0.05, 0) is 31.5 Å². The van der Waals surface area contributed by atoms with Crippen LogP contribution in [0.25, 0.3) is 0 Å². The van der Waals surface area contributed by atoms with E-state index in [-0.39, 0.29) is 6.79 Å². The monoisotopic (exact) mass is 286 g/mol. The van der Waals surface area contributed by atoms with E-state index >= 15 is 0 Å². The summed E-state index contributed by atoms with van der Waals surface area (Å²) in [6.07, 6.45) is 0. The maximum absolute atomic E-state index is 5.92. The number of fused-ring (bicyclic) bond motifs is 1. The van der Waals surface area contributed by atoms with Crippen LogP contribution in [0.2, 0.25) is 0 Å². The molecule has 0 spiro atoms. The highest BCUT2D eigenvalue weighted by molar-refractivity contribution is 5.44. The smallest absolute Gasteiger partial charge is 0.231 e. The van der Waals surface area contributed by atoms with Gasteiger partial charge in [-0.25, -0.2) is 0 Å². The van der Waals surface area contributed by atoms with Crippen molar-refractivity contribution in [1.29, 1.82) is 0 Å². The van der Waals surface area contributed by atoms with Gasteiger partial charge in [-0.15, -0.1) is 0 Å². The van der Waals surface area contributed by atoms with Crippen LogP contribution in [0.5, 0.6) is 17.2 Å². The highest BCUT2D eigenvalue weighted by Crippen LogP contribution is 2.33. The third-order valence-corrected chi connectivity index (χ3v) is 3.45. The fraction of sp³-hybridized carbons (Fsp3) is 0.312. The molecule has 3 rings (SSSR count). The molecule has 2 heterocycles. The third kappa shape index (κ3) is 2.78. The van der Waals surface area contributed by atoms with Crippen LogP contribution in [0.4, 0.5) is 0 Å². The maximum Gasteiger partial charge on any atom is 0.231 e. The minimum atomic E-state index is 0.277. The highest BCUT2D eigenvalue weighted by atomic mass is 16.7. The molecule has 0 fully saturated rings. The minimum Gasteiger partial charge on any atom is -0.488 e. The van der Waals surface area contributed by atoms with Gasteiger partial charge in [0.15, 0.2) is 11.5 Å². The van der Waals surface area contributed by atoms with Crippen LogP contribution in [0.15, 0.2) is 24.3 Å². The van der Waals surface area contributed by atoms with Crippen molar-refractivity contribution in [3.05, 3.63) is 46.8 Å². The van der Waals surface area contributed by atoms with Gasteiger partial charge in [0.05, 0.1) is 0 Å². The molecule has 1 aliphatic heterocycles. The number of aromatic nitrogens is 1. The lowest BCUT2D eigenvalue weighted by Gasteiger charge is -2.13. The molecule has 1 aromatic carbocycles. The lowest BCUT2D eigenvalue weighted by molar-refractivity contribution is 0.174. The summed E-state index contributed by atoms with van der Waals surface area (Å²) in [7, 11) is 0. The summed E-state index contributed by atoms with van der Waals surface area (Å²) in [5.41, 5.74) is 9.59. The molecule has 2 N–H and O–H groups in total. The average Bonchev–Trinajstić information content (AvgIpc) is 2.92. The molecule has 0 aliphatic carbocycles. The molecule has 5 heteroatoms. The second kappa shape index (κ2) is 5.61. The molecule has 0 amide bonds. The Hall–Kier alpha value is -2.27. The van der Waals surface area contributed by atoms with Crippen molar-refractivity contribution < 1.29 is 14.2 Å². The van der Waals surface area contributed by atoms with Crippen LogP contribution in [-0.4, -0.2) is 11.8 Å². The summed E-state index contributed by atoms with van der Waals surface area (Å²) < 4.78 is 16.6. The van der Waals surface area contributed by atoms with E-state index in [0.717, 1.165) is 39.8 Å². The Bertz CT molecular complexity index is 671. The molecule has 5 nitrogen and oxygen atoms in total. The lowest BCUT2D eigenvalue weighted by Crippen LogP contribution is -2.07. The van der Waals surface area contributed by atoms with Gasteiger partial charge < -0.3 is 19.9 Å². The number of nitrogens with two attached hydrogens (primary N) is 1. The molecular weight excluding hydrogens is 268 g/mol. The Morgan fingerprint density at radius 2 is 2.00 bits per heavy atom. The summed E-state index contributed by atoms with van der Waals surface area (Å²) in [4.78, 5) is 4.41. The molecule has 0 saturated carbocycles. The van der Waals surface area contributed by atoms with Crippen LogP contribution in [0.3, 0.4) is 0 Å². The zero-order valence-corrected chi connectivity index (χ0v) is 12.2. The van der Waals surface area contributed by atoms with Crippen molar-refractivity contribution in [2.24, 2.45) is 5.73 Å². The number of rotatable bonds is 4. The van der Waals surface area contributed by atoms with Gasteiger partial charge in [-0.3, -0.25) is 4.98 Å². The predicted octanol–water partition coefficient (Wildman–Crippen LogP) is 2.46. The number of benzene rings is 1. The van der Waals surface area contributed by atoms with Gasteiger partial charge >= 0.3 is 0 Å². The molecular formula is C16H18N2O3. The number of hydrogen-bond acceptors (Lipinski definition) is 5. The van der Waals surface area contributed by atoms with E-state index < -0.39 is 0 Å². The van der Waals surface area contributed by atoms with E-state index in [1.54, 1.807) is 0 Å². The normalized spacial score (nSPS) is 12.5. The fourth-order valence-corrected chi connectivity index (χ4v) is 2.39. The van der Waals surface area contributed by atoms with Gasteiger partial charge in [0, 0.05) is 29.6 Å².